The van der Waals surface area contributed by atoms with Gasteiger partial charge in [0.05, 0.1) is 17.5 Å². The van der Waals surface area contributed by atoms with Gasteiger partial charge in [0.15, 0.2) is 4.67 Å². The van der Waals surface area contributed by atoms with E-state index in [4.69, 9.17) is 10.2 Å². The van der Waals surface area contributed by atoms with Gasteiger partial charge in [0.1, 0.15) is 0 Å². The normalized spacial score (nSPS) is 14.3. The third kappa shape index (κ3) is 2.26. The zero-order valence-corrected chi connectivity index (χ0v) is 12.3. The Bertz CT molecular complexity index is 641. The molecule has 2 heterocycles. The van der Waals surface area contributed by atoms with Crippen LogP contribution in [0.2, 0.25) is 0 Å². The van der Waals surface area contributed by atoms with Crippen LogP contribution in [-0.4, -0.2) is 18.2 Å². The number of carbonyl (C=O) groups is 1. The minimum atomic E-state index is -0.0761. The number of nitrogen functional groups attached to an aromatic ring is 1. The maximum atomic E-state index is 12.5. The Morgan fingerprint density at radius 3 is 3.00 bits per heavy atom. The van der Waals surface area contributed by atoms with E-state index in [0.717, 1.165) is 16.3 Å². The smallest absolute Gasteiger partial charge is 0.262 e. The Kier molecular flexibility index (Phi) is 3.28. The number of amides is 1. The standard InChI is InChI=1S/C13H11BrN2O2S/c14-12-9(3-5-18-12)13(17)16-4-6-19-11-2-1-8(15)7-10(11)16/h1-3,5,7H,4,6,15H2. The fraction of sp³-hybridized carbons (Fsp3) is 0.154. The monoisotopic (exact) mass is 338 g/mol. The Hall–Kier alpha value is -1.40. The van der Waals surface area contributed by atoms with Crippen LogP contribution >= 0.6 is 27.7 Å². The zero-order chi connectivity index (χ0) is 13.4. The van der Waals surface area contributed by atoms with E-state index in [2.05, 4.69) is 15.9 Å². The average Bonchev–Trinajstić information content (AvgIpc) is 2.83. The van der Waals surface area contributed by atoms with Gasteiger partial charge in [0.2, 0.25) is 0 Å². The Labute approximate surface area is 123 Å². The lowest BCUT2D eigenvalue weighted by Crippen LogP contribution is -2.35. The van der Waals surface area contributed by atoms with Crippen LogP contribution in [0.5, 0.6) is 0 Å². The molecule has 4 nitrogen and oxygen atoms in total. The number of nitrogens with zero attached hydrogens (tertiary/aromatic N) is 1. The van der Waals surface area contributed by atoms with Crippen molar-refractivity contribution in [2.75, 3.05) is 22.9 Å². The van der Waals surface area contributed by atoms with Crippen LogP contribution in [0.3, 0.4) is 0 Å². The molecule has 98 valence electrons. The topological polar surface area (TPSA) is 59.5 Å². The molecule has 1 aliphatic heterocycles. The molecule has 19 heavy (non-hydrogen) atoms. The van der Waals surface area contributed by atoms with Gasteiger partial charge >= 0.3 is 0 Å². The number of rotatable bonds is 1. The van der Waals surface area contributed by atoms with Crippen molar-refractivity contribution in [3.05, 3.63) is 40.8 Å². The largest absolute Gasteiger partial charge is 0.457 e. The van der Waals surface area contributed by atoms with Crippen molar-refractivity contribution in [2.45, 2.75) is 4.90 Å². The molecule has 1 aromatic heterocycles. The van der Waals surface area contributed by atoms with Gasteiger partial charge in [0.25, 0.3) is 5.91 Å². The van der Waals surface area contributed by atoms with Gasteiger partial charge in [0, 0.05) is 22.9 Å². The molecule has 0 saturated heterocycles. The van der Waals surface area contributed by atoms with E-state index in [0.29, 0.717) is 22.5 Å². The van der Waals surface area contributed by atoms with Crippen LogP contribution in [0.4, 0.5) is 11.4 Å². The number of anilines is 2. The second-order valence-electron chi connectivity index (χ2n) is 4.14. The van der Waals surface area contributed by atoms with Gasteiger partial charge in [-0.15, -0.1) is 11.8 Å². The molecule has 0 radical (unpaired) electrons. The fourth-order valence-corrected chi connectivity index (χ4v) is 3.42. The molecular formula is C13H11BrN2O2S. The number of halogens is 1. The first-order chi connectivity index (χ1) is 9.16. The highest BCUT2D eigenvalue weighted by Crippen LogP contribution is 2.37. The van der Waals surface area contributed by atoms with Crippen molar-refractivity contribution < 1.29 is 9.21 Å². The Morgan fingerprint density at radius 2 is 2.26 bits per heavy atom. The summed E-state index contributed by atoms with van der Waals surface area (Å²) >= 11 is 4.98. The SMILES string of the molecule is Nc1ccc2c(c1)N(C(=O)c1ccoc1Br)CCS2. The van der Waals surface area contributed by atoms with Gasteiger partial charge in [-0.3, -0.25) is 4.79 Å². The maximum absolute atomic E-state index is 12.5. The zero-order valence-electron chi connectivity index (χ0n) is 9.93. The predicted molar refractivity (Wildman–Crippen MR) is 79.7 cm³/mol. The van der Waals surface area contributed by atoms with E-state index in [1.54, 1.807) is 22.7 Å². The van der Waals surface area contributed by atoms with Crippen molar-refractivity contribution in [3.8, 4) is 0 Å². The molecule has 2 aromatic rings. The molecule has 1 aromatic carbocycles. The summed E-state index contributed by atoms with van der Waals surface area (Å²) in [6, 6.07) is 7.32. The van der Waals surface area contributed by atoms with Crippen molar-refractivity contribution >= 4 is 45.0 Å². The van der Waals surface area contributed by atoms with Gasteiger partial charge in [-0.05, 0) is 40.2 Å². The molecule has 0 unspecified atom stereocenters. The number of nitrogens with two attached hydrogens (primary N) is 1. The third-order valence-corrected chi connectivity index (χ3v) is 4.60. The number of hydrogen-bond donors (Lipinski definition) is 1. The molecule has 0 spiro atoms. The first kappa shape index (κ1) is 12.6. The Morgan fingerprint density at radius 1 is 1.42 bits per heavy atom. The van der Waals surface area contributed by atoms with Crippen LogP contribution in [0.25, 0.3) is 0 Å². The van der Waals surface area contributed by atoms with Crippen LogP contribution in [0.15, 0.2) is 44.5 Å². The number of hydrogen-bond acceptors (Lipinski definition) is 4. The van der Waals surface area contributed by atoms with Crippen LogP contribution < -0.4 is 10.6 Å². The summed E-state index contributed by atoms with van der Waals surface area (Å²) in [5.41, 5.74) is 7.87. The highest BCUT2D eigenvalue weighted by Gasteiger charge is 2.26. The summed E-state index contributed by atoms with van der Waals surface area (Å²) in [6.07, 6.45) is 1.50. The molecule has 1 aliphatic rings. The number of carbonyl (C=O) groups excluding carboxylic acids is 1. The lowest BCUT2D eigenvalue weighted by Gasteiger charge is -2.29. The third-order valence-electron chi connectivity index (χ3n) is 2.94. The summed E-state index contributed by atoms with van der Waals surface area (Å²) in [6.45, 7) is 0.664. The molecule has 0 aliphatic carbocycles. The summed E-state index contributed by atoms with van der Waals surface area (Å²) in [7, 11) is 0. The van der Waals surface area contributed by atoms with Gasteiger partial charge in [-0.25, -0.2) is 0 Å². The minimum Gasteiger partial charge on any atom is -0.457 e. The molecule has 6 heteroatoms. The van der Waals surface area contributed by atoms with Crippen LogP contribution in [-0.2, 0) is 0 Å². The Balaban J connectivity index is 2.02. The lowest BCUT2D eigenvalue weighted by molar-refractivity contribution is 0.0986. The van der Waals surface area contributed by atoms with Crippen LogP contribution in [0.1, 0.15) is 10.4 Å². The van der Waals surface area contributed by atoms with E-state index in [1.165, 1.54) is 6.26 Å². The summed E-state index contributed by atoms with van der Waals surface area (Å²) < 4.78 is 5.59. The highest BCUT2D eigenvalue weighted by molar-refractivity contribution is 9.10. The molecule has 0 bridgehead atoms. The number of benzene rings is 1. The second kappa shape index (κ2) is 4.94. The molecule has 0 atom stereocenters. The van der Waals surface area contributed by atoms with Gasteiger partial charge in [-0.2, -0.15) is 0 Å². The number of thioether (sulfide) groups is 1. The van der Waals surface area contributed by atoms with Crippen molar-refractivity contribution in [1.82, 2.24) is 0 Å². The average molecular weight is 339 g/mol. The first-order valence-electron chi connectivity index (χ1n) is 5.74. The highest BCUT2D eigenvalue weighted by atomic mass is 79.9. The van der Waals surface area contributed by atoms with Crippen LogP contribution in [0, 0.1) is 0 Å². The van der Waals surface area contributed by atoms with E-state index in [-0.39, 0.29) is 5.91 Å². The summed E-state index contributed by atoms with van der Waals surface area (Å²) in [5, 5.41) is 0. The minimum absolute atomic E-state index is 0.0761. The summed E-state index contributed by atoms with van der Waals surface area (Å²) in [5.74, 6) is 0.797. The van der Waals surface area contributed by atoms with E-state index in [9.17, 15) is 4.79 Å². The lowest BCUT2D eigenvalue weighted by atomic mass is 10.2. The van der Waals surface area contributed by atoms with E-state index >= 15 is 0 Å². The molecule has 0 saturated carbocycles. The fourth-order valence-electron chi connectivity index (χ4n) is 2.04. The van der Waals surface area contributed by atoms with Crippen molar-refractivity contribution in [2.24, 2.45) is 0 Å². The number of fused-ring (bicyclic) bond motifs is 1. The molecule has 3 rings (SSSR count). The van der Waals surface area contributed by atoms with Gasteiger partial charge < -0.3 is 15.1 Å². The van der Waals surface area contributed by atoms with E-state index in [1.807, 2.05) is 18.2 Å². The van der Waals surface area contributed by atoms with E-state index < -0.39 is 0 Å². The number of furan rings is 1. The summed E-state index contributed by atoms with van der Waals surface area (Å²) in [4.78, 5) is 15.4. The van der Waals surface area contributed by atoms with Gasteiger partial charge in [-0.1, -0.05) is 0 Å². The van der Waals surface area contributed by atoms with Crippen molar-refractivity contribution in [3.63, 3.8) is 0 Å². The molecule has 0 fully saturated rings. The molecule has 2 N–H and O–H groups in total. The molecular weight excluding hydrogens is 328 g/mol. The maximum Gasteiger partial charge on any atom is 0.262 e. The second-order valence-corrected chi connectivity index (χ2v) is 6.00. The molecule has 1 amide bonds. The predicted octanol–water partition coefficient (Wildman–Crippen LogP) is 3.38. The van der Waals surface area contributed by atoms with Crippen molar-refractivity contribution in [1.29, 1.82) is 0 Å². The quantitative estimate of drug-likeness (QED) is 0.810. The first-order valence-corrected chi connectivity index (χ1v) is 7.52.